The molecule has 14 heteroatoms. The highest BCUT2D eigenvalue weighted by Gasteiger charge is 2.49. The van der Waals surface area contributed by atoms with Gasteiger partial charge < -0.3 is 39.2 Å². The van der Waals surface area contributed by atoms with Crippen molar-refractivity contribution in [3.63, 3.8) is 0 Å². The minimum absolute atomic E-state index is 0.0107. The zero-order chi connectivity index (χ0) is 39.7. The molecule has 4 aliphatic rings. The Hall–Kier alpha value is -4.39. The smallest absolute Gasteiger partial charge is 0.319 e. The highest BCUT2D eigenvalue weighted by molar-refractivity contribution is 6.04. The lowest BCUT2D eigenvalue weighted by Crippen LogP contribution is -2.54. The number of aliphatic hydroxyl groups excluding tert-OH is 2. The first-order valence-electron chi connectivity index (χ1n) is 19.6. The first kappa shape index (κ1) is 39.8. The van der Waals surface area contributed by atoms with Gasteiger partial charge in [-0.15, -0.1) is 6.42 Å². The second kappa shape index (κ2) is 16.6. The van der Waals surface area contributed by atoms with E-state index in [1.54, 1.807) is 12.0 Å². The summed E-state index contributed by atoms with van der Waals surface area (Å²) in [7, 11) is 3.13. The molecule has 2 saturated heterocycles. The van der Waals surface area contributed by atoms with Crippen molar-refractivity contribution in [2.75, 3.05) is 58.5 Å². The highest BCUT2D eigenvalue weighted by Crippen LogP contribution is 2.49. The summed E-state index contributed by atoms with van der Waals surface area (Å²) in [5, 5.41) is 32.6. The first-order chi connectivity index (χ1) is 27.1. The Bertz CT molecular complexity index is 2100. The fraction of sp³-hybridized carbons (Fsp3) is 0.548. The number of likely N-dealkylation sites (tertiary alicyclic amines) is 1. The van der Waals surface area contributed by atoms with Crippen LogP contribution in [0.15, 0.2) is 24.3 Å². The number of aromatic nitrogens is 3. The molecule has 2 aliphatic carbocycles. The third-order valence-corrected chi connectivity index (χ3v) is 11.9. The van der Waals surface area contributed by atoms with E-state index in [0.717, 1.165) is 58.0 Å². The predicted octanol–water partition coefficient (Wildman–Crippen LogP) is 5.80. The van der Waals surface area contributed by atoms with Gasteiger partial charge in [0.2, 0.25) is 5.88 Å². The summed E-state index contributed by atoms with van der Waals surface area (Å²) in [6.07, 6.45) is 11.1. The van der Waals surface area contributed by atoms with Gasteiger partial charge in [0.25, 0.3) is 0 Å². The number of phenols is 1. The van der Waals surface area contributed by atoms with Gasteiger partial charge in [-0.1, -0.05) is 32.3 Å². The second-order valence-corrected chi connectivity index (χ2v) is 15.2. The fourth-order valence-corrected chi connectivity index (χ4v) is 9.28. The molecular formula is C42H51F2N5O7. The zero-order valence-corrected chi connectivity index (χ0v) is 32.4. The largest absolute Gasteiger partial charge is 0.508 e. The van der Waals surface area contributed by atoms with Crippen LogP contribution in [0.3, 0.4) is 0 Å². The second-order valence-electron chi connectivity index (χ2n) is 15.2. The van der Waals surface area contributed by atoms with E-state index < -0.39 is 24.0 Å². The summed E-state index contributed by atoms with van der Waals surface area (Å²) in [6.45, 7) is 6.14. The van der Waals surface area contributed by atoms with Crippen LogP contribution in [-0.2, 0) is 9.47 Å². The Morgan fingerprint density at radius 1 is 1.04 bits per heavy atom. The van der Waals surface area contributed by atoms with Crippen molar-refractivity contribution in [3.8, 4) is 41.2 Å². The normalized spacial score (nSPS) is 26.5. The van der Waals surface area contributed by atoms with Crippen molar-refractivity contribution in [2.24, 2.45) is 11.3 Å². The lowest BCUT2D eigenvalue weighted by molar-refractivity contribution is -0.102. The Morgan fingerprint density at radius 2 is 1.82 bits per heavy atom. The minimum Gasteiger partial charge on any atom is -0.508 e. The van der Waals surface area contributed by atoms with Crippen molar-refractivity contribution in [3.05, 3.63) is 41.5 Å². The fourth-order valence-electron chi connectivity index (χ4n) is 9.28. The van der Waals surface area contributed by atoms with E-state index >= 15 is 8.78 Å². The summed E-state index contributed by atoms with van der Waals surface area (Å²) >= 11 is 0. The molecule has 3 N–H and O–H groups in total. The summed E-state index contributed by atoms with van der Waals surface area (Å²) in [4.78, 5) is 18.1. The van der Waals surface area contributed by atoms with E-state index in [1.807, 2.05) is 13.8 Å². The van der Waals surface area contributed by atoms with Crippen molar-refractivity contribution in [2.45, 2.75) is 83.3 Å². The molecule has 2 aromatic heterocycles. The van der Waals surface area contributed by atoms with Gasteiger partial charge in [-0.05, 0) is 74.6 Å². The lowest BCUT2D eigenvalue weighted by atomic mass is 9.74. The van der Waals surface area contributed by atoms with Crippen LogP contribution in [-0.4, -0.2) is 113 Å². The van der Waals surface area contributed by atoms with Crippen molar-refractivity contribution in [1.82, 2.24) is 19.9 Å². The molecule has 0 bridgehead atoms. The van der Waals surface area contributed by atoms with Gasteiger partial charge in [-0.3, -0.25) is 4.90 Å². The standard InChI is InChI=1S/C40H45F2N5O7.C2H6/c1-4-27-29(41)9-8-23-15-24(48)16-28(32(23)27)35-34(42)36-33(38(43-35)52-3)37(47-18-25(49)20-53-31(50)19-47)45-39(44-36)54-21-40-10-5-7-30(40)46(12-6-11-40)17-22-13-26(14-22)51-2;1-2/h1,8-9,15-16,22,25-26,30-31,48-50H,5-7,10-14,17-21H2,2-3H3;1-2H3/t22?,25?,26?,30?,31-,40?;/m1./s1. The number of hydrogen-bond donors (Lipinski definition) is 3. The van der Waals surface area contributed by atoms with Gasteiger partial charge >= 0.3 is 6.01 Å². The van der Waals surface area contributed by atoms with E-state index in [-0.39, 0.29) is 81.7 Å². The predicted molar refractivity (Wildman–Crippen MR) is 208 cm³/mol. The summed E-state index contributed by atoms with van der Waals surface area (Å²) < 4.78 is 55.5. The average Bonchev–Trinajstić information content (AvgIpc) is 3.55. The van der Waals surface area contributed by atoms with E-state index in [4.69, 9.17) is 30.4 Å². The Kier molecular flexibility index (Phi) is 11.8. The van der Waals surface area contributed by atoms with Crippen LogP contribution in [0, 0.1) is 35.3 Å². The number of halogens is 2. The van der Waals surface area contributed by atoms with Crippen LogP contribution in [0.2, 0.25) is 0 Å². The first-order valence-corrected chi connectivity index (χ1v) is 19.6. The molecule has 0 radical (unpaired) electrons. The maximum atomic E-state index is 17.3. The average molecular weight is 776 g/mol. The van der Waals surface area contributed by atoms with E-state index in [1.165, 1.54) is 31.4 Å². The van der Waals surface area contributed by atoms with Gasteiger partial charge in [0, 0.05) is 42.6 Å². The number of aliphatic hydroxyl groups is 2. The van der Waals surface area contributed by atoms with Crippen LogP contribution < -0.4 is 14.4 Å². The van der Waals surface area contributed by atoms with Crippen molar-refractivity contribution >= 4 is 27.5 Å². The van der Waals surface area contributed by atoms with E-state index in [2.05, 4.69) is 20.8 Å². The quantitative estimate of drug-likeness (QED) is 0.177. The van der Waals surface area contributed by atoms with Gasteiger partial charge in [-0.2, -0.15) is 9.97 Å². The third-order valence-electron chi connectivity index (χ3n) is 11.9. The Labute approximate surface area is 325 Å². The number of benzene rings is 2. The van der Waals surface area contributed by atoms with Crippen LogP contribution in [0.1, 0.15) is 64.4 Å². The number of pyridine rings is 1. The maximum Gasteiger partial charge on any atom is 0.319 e. The number of hydrogen-bond acceptors (Lipinski definition) is 12. The number of piperidine rings is 1. The molecule has 2 saturated carbocycles. The lowest BCUT2D eigenvalue weighted by Gasteiger charge is -2.48. The molecular weight excluding hydrogens is 724 g/mol. The monoisotopic (exact) mass is 775 g/mol. The molecule has 8 rings (SSSR count). The van der Waals surface area contributed by atoms with Crippen molar-refractivity contribution < 1.29 is 43.0 Å². The van der Waals surface area contributed by atoms with E-state index in [9.17, 15) is 15.3 Å². The number of ether oxygens (including phenoxy) is 4. The Balaban J connectivity index is 0.00000237. The molecule has 12 nitrogen and oxygen atoms in total. The van der Waals surface area contributed by atoms with Gasteiger partial charge in [0.05, 0.1) is 44.6 Å². The van der Waals surface area contributed by atoms with Crippen LogP contribution in [0.25, 0.3) is 32.9 Å². The molecule has 300 valence electrons. The number of anilines is 1. The molecule has 0 amide bonds. The number of fused-ring (bicyclic) bond motifs is 3. The number of rotatable bonds is 9. The molecule has 56 heavy (non-hydrogen) atoms. The SMILES string of the molecule is C#Cc1c(F)ccc2cc(O)cc(-c3nc(OC)c4c(N5CC(O)CO[C@@H](O)C5)nc(OCC56CCCC5N(CC5CC(OC)C5)CCC6)nc4c3F)c12.CC. The molecule has 4 atom stereocenters. The molecule has 2 aliphatic heterocycles. The van der Waals surface area contributed by atoms with Crippen LogP contribution in [0.5, 0.6) is 17.6 Å². The highest BCUT2D eigenvalue weighted by atomic mass is 19.1. The molecule has 0 spiro atoms. The van der Waals surface area contributed by atoms with Gasteiger partial charge in [0.15, 0.2) is 12.1 Å². The summed E-state index contributed by atoms with van der Waals surface area (Å²) in [5.41, 5.74) is -0.735. The number of methoxy groups -OCH3 is 2. The van der Waals surface area contributed by atoms with Gasteiger partial charge in [-0.25, -0.2) is 13.8 Å². The minimum atomic E-state index is -1.28. The summed E-state index contributed by atoms with van der Waals surface area (Å²) in [6, 6.07) is 5.54. The van der Waals surface area contributed by atoms with Gasteiger partial charge in [0.1, 0.15) is 34.0 Å². The number of aromatic hydroxyl groups is 1. The zero-order valence-electron chi connectivity index (χ0n) is 32.4. The van der Waals surface area contributed by atoms with E-state index in [0.29, 0.717) is 30.1 Å². The number of nitrogens with zero attached hydrogens (tertiary/aromatic N) is 5. The number of phenolic OH excluding ortho intramolecular Hbond substituents is 1. The molecule has 3 unspecified atom stereocenters. The topological polar surface area (TPSA) is 143 Å². The molecule has 4 heterocycles. The molecule has 4 fully saturated rings. The van der Waals surface area contributed by atoms with Crippen LogP contribution in [0.4, 0.5) is 14.6 Å². The number of terminal acetylenes is 1. The van der Waals surface area contributed by atoms with Crippen LogP contribution >= 0.6 is 0 Å². The van der Waals surface area contributed by atoms with Crippen molar-refractivity contribution in [1.29, 1.82) is 0 Å². The Morgan fingerprint density at radius 3 is 2.57 bits per heavy atom. The molecule has 2 aromatic carbocycles. The maximum absolute atomic E-state index is 17.3. The number of β-amino-alcohol motifs (C(OH)–C–C–N with tert-alkyl or cyclic N) is 2. The summed E-state index contributed by atoms with van der Waals surface area (Å²) in [5.74, 6) is 1.18. The molecule has 4 aromatic rings. The third kappa shape index (κ3) is 7.43.